The average molecular weight is 1030 g/mol. The molecule has 0 bridgehead atoms. The van der Waals surface area contributed by atoms with Gasteiger partial charge in [0.25, 0.3) is 11.8 Å². The lowest BCUT2D eigenvalue weighted by atomic mass is 9.91. The van der Waals surface area contributed by atoms with E-state index in [1.807, 2.05) is 117 Å². The van der Waals surface area contributed by atoms with Crippen molar-refractivity contribution in [2.45, 2.75) is 75.0 Å². The highest BCUT2D eigenvalue weighted by atomic mass is 35.5. The molecule has 2 aliphatic carbocycles. The highest BCUT2D eigenvalue weighted by Crippen LogP contribution is 2.47. The molecule has 0 spiro atoms. The van der Waals surface area contributed by atoms with E-state index in [0.717, 1.165) is 74.1 Å². The molecular weight excluding hydrogens is 970 g/mol. The van der Waals surface area contributed by atoms with E-state index >= 15 is 0 Å². The molecule has 12 nitrogen and oxygen atoms in total. The van der Waals surface area contributed by atoms with Gasteiger partial charge in [-0.05, 0) is 122 Å². The molecule has 0 aromatic heterocycles. The minimum absolute atomic E-state index is 0.0300. The first-order chi connectivity index (χ1) is 33.8. The summed E-state index contributed by atoms with van der Waals surface area (Å²) in [6, 6.07) is 29.7. The third-order valence-corrected chi connectivity index (χ3v) is 15.5. The number of hydrogen-bond donors (Lipinski definition) is 0. The smallest absolute Gasteiger partial charge is 0.252 e. The lowest BCUT2D eigenvalue weighted by Gasteiger charge is -2.45. The van der Waals surface area contributed by atoms with Crippen molar-refractivity contribution in [1.82, 2.24) is 29.4 Å². The molecule has 0 unspecified atom stereocenters. The number of nitrogens with zero attached hydrogens (tertiary/aromatic N) is 6. The zero-order valence-electron chi connectivity index (χ0n) is 39.8. The summed E-state index contributed by atoms with van der Waals surface area (Å²) in [5, 5.41) is 2.49. The lowest BCUT2D eigenvalue weighted by molar-refractivity contribution is -0.178. The average Bonchev–Trinajstić information content (AvgIpc) is 4.31. The first-order valence-electron chi connectivity index (χ1n) is 24.6. The van der Waals surface area contributed by atoms with Crippen LogP contribution in [0.2, 0.25) is 20.1 Å². The molecule has 4 heterocycles. The van der Waals surface area contributed by atoms with Crippen LogP contribution in [0.25, 0.3) is 0 Å². The van der Waals surface area contributed by atoms with Gasteiger partial charge in [-0.15, -0.1) is 0 Å². The zero-order valence-corrected chi connectivity index (χ0v) is 42.8. The Morgan fingerprint density at radius 2 is 0.843 bits per heavy atom. The summed E-state index contributed by atoms with van der Waals surface area (Å²) in [5.74, 6) is 0.687. The van der Waals surface area contributed by atoms with Crippen LogP contribution in [0.4, 0.5) is 0 Å². The lowest BCUT2D eigenvalue weighted by Crippen LogP contribution is -2.54. The molecule has 70 heavy (non-hydrogen) atoms. The van der Waals surface area contributed by atoms with Gasteiger partial charge in [0.05, 0.1) is 24.9 Å². The summed E-state index contributed by atoms with van der Waals surface area (Å²) in [6.07, 6.45) is 2.02. The van der Waals surface area contributed by atoms with E-state index in [1.165, 1.54) is 0 Å². The number of hydrogen-bond acceptors (Lipinski definition) is 8. The van der Waals surface area contributed by atoms with Crippen molar-refractivity contribution in [3.05, 3.63) is 139 Å². The zero-order chi connectivity index (χ0) is 49.1. The number of carbonyl (C=O) groups excluding carboxylic acids is 4. The minimum Gasteiger partial charge on any atom is -0.357 e. The molecule has 6 atom stereocenters. The second-order valence-electron chi connectivity index (χ2n) is 19.8. The van der Waals surface area contributed by atoms with Crippen molar-refractivity contribution in [3.8, 4) is 0 Å². The van der Waals surface area contributed by atoms with Gasteiger partial charge in [0.1, 0.15) is 24.4 Å². The van der Waals surface area contributed by atoms with Crippen LogP contribution in [0.1, 0.15) is 85.1 Å². The normalized spacial score (nSPS) is 25.7. The standard InChI is InChI=1S/2C27H31Cl2N3O3/c2*1-30-11-13-31(14-12-30)24(33)16-23-27(34)32(17-18-5-6-18)25(19-7-9-21(28)10-8-19)26(35-23)20-3-2-4-22(29)15-20/h2*2-4,7-10,15,18,23,25-26H,5-6,11-14,16-17H2,1H3/t2*23-,25+,26-/m10/s1. The second-order valence-corrected chi connectivity index (χ2v) is 21.6. The van der Waals surface area contributed by atoms with Crippen molar-refractivity contribution in [1.29, 1.82) is 0 Å². The number of amides is 4. The number of carbonyl (C=O) groups is 4. The highest BCUT2D eigenvalue weighted by Gasteiger charge is 2.48. The number of likely N-dealkylation sites (N-methyl/N-ethyl adjacent to an activating group) is 2. The van der Waals surface area contributed by atoms with Crippen molar-refractivity contribution < 1.29 is 28.7 Å². The predicted molar refractivity (Wildman–Crippen MR) is 273 cm³/mol. The van der Waals surface area contributed by atoms with Gasteiger partial charge in [-0.1, -0.05) is 94.9 Å². The predicted octanol–water partition coefficient (Wildman–Crippen LogP) is 9.15. The van der Waals surface area contributed by atoms with Crippen LogP contribution >= 0.6 is 46.4 Å². The summed E-state index contributed by atoms with van der Waals surface area (Å²) in [6.45, 7) is 7.36. The van der Waals surface area contributed by atoms with Crippen LogP contribution in [0.3, 0.4) is 0 Å². The summed E-state index contributed by atoms with van der Waals surface area (Å²) in [4.78, 5) is 66.0. The Hall–Kier alpha value is -4.24. The molecule has 6 fully saturated rings. The Labute approximate surface area is 431 Å². The van der Waals surface area contributed by atoms with E-state index in [2.05, 4.69) is 23.9 Å². The van der Waals surface area contributed by atoms with E-state index in [1.54, 1.807) is 0 Å². The van der Waals surface area contributed by atoms with E-state index in [-0.39, 0.29) is 48.6 Å². The third kappa shape index (κ3) is 12.5. The first kappa shape index (κ1) is 50.7. The van der Waals surface area contributed by atoms with Gasteiger partial charge in [0, 0.05) is 85.5 Å². The molecule has 4 saturated heterocycles. The van der Waals surface area contributed by atoms with Crippen LogP contribution in [-0.2, 0) is 28.7 Å². The van der Waals surface area contributed by atoms with Gasteiger partial charge in [-0.3, -0.25) is 19.2 Å². The fourth-order valence-electron chi connectivity index (χ4n) is 10.0. The Morgan fingerprint density at radius 3 is 1.17 bits per heavy atom. The monoisotopic (exact) mass is 1030 g/mol. The summed E-state index contributed by atoms with van der Waals surface area (Å²) >= 11 is 25.1. The molecule has 372 valence electrons. The maximum atomic E-state index is 13.8. The van der Waals surface area contributed by atoms with E-state index in [0.29, 0.717) is 71.2 Å². The second kappa shape index (κ2) is 22.7. The van der Waals surface area contributed by atoms with Crippen LogP contribution in [0.5, 0.6) is 0 Å². The van der Waals surface area contributed by atoms with Crippen LogP contribution in [0.15, 0.2) is 97.1 Å². The van der Waals surface area contributed by atoms with Gasteiger partial charge in [0.2, 0.25) is 11.8 Å². The summed E-state index contributed by atoms with van der Waals surface area (Å²) < 4.78 is 13.0. The van der Waals surface area contributed by atoms with Gasteiger partial charge in [0.15, 0.2) is 0 Å². The van der Waals surface area contributed by atoms with Crippen molar-refractivity contribution in [2.75, 3.05) is 79.5 Å². The molecule has 16 heteroatoms. The molecule has 6 aliphatic rings. The number of morpholine rings is 2. The van der Waals surface area contributed by atoms with Gasteiger partial charge < -0.3 is 38.9 Å². The van der Waals surface area contributed by atoms with Crippen molar-refractivity contribution in [3.63, 3.8) is 0 Å². The van der Waals surface area contributed by atoms with Crippen molar-refractivity contribution >= 4 is 70.0 Å². The quantitative estimate of drug-likeness (QED) is 0.139. The number of halogens is 4. The number of rotatable bonds is 12. The molecule has 4 aliphatic heterocycles. The Kier molecular flexibility index (Phi) is 16.4. The molecule has 4 aromatic carbocycles. The Morgan fingerprint density at radius 1 is 0.486 bits per heavy atom. The van der Waals surface area contributed by atoms with E-state index in [4.69, 9.17) is 55.9 Å². The SMILES string of the molecule is CN1CCN(C(=O)C[C@@H]2O[C@@H](c3cccc(Cl)c3)[C@@H](c3ccc(Cl)cc3)N(CC3CC3)C2=O)CC1.CN1CCN(C(=O)C[C@H]2O[C@H](c3cccc(Cl)c3)[C@H](c3ccc(Cl)cc3)N(CC3CC3)C2=O)CC1. The maximum absolute atomic E-state index is 13.8. The molecule has 10 rings (SSSR count). The Bertz CT molecular complexity index is 2310. The molecule has 0 radical (unpaired) electrons. The van der Waals surface area contributed by atoms with Crippen LogP contribution in [-0.4, -0.2) is 145 Å². The topological polar surface area (TPSA) is 106 Å². The molecule has 4 amide bonds. The van der Waals surface area contributed by atoms with Crippen molar-refractivity contribution in [2.24, 2.45) is 11.8 Å². The fraction of sp³-hybridized carbons (Fsp3) is 0.481. The summed E-state index contributed by atoms with van der Waals surface area (Å²) in [5.41, 5.74) is 3.69. The van der Waals surface area contributed by atoms with E-state index in [9.17, 15) is 19.2 Å². The van der Waals surface area contributed by atoms with Crippen LogP contribution < -0.4 is 0 Å². The highest BCUT2D eigenvalue weighted by molar-refractivity contribution is 6.31. The molecule has 2 saturated carbocycles. The first-order valence-corrected chi connectivity index (χ1v) is 26.2. The fourth-order valence-corrected chi connectivity index (χ4v) is 10.7. The minimum atomic E-state index is -0.826. The third-order valence-electron chi connectivity index (χ3n) is 14.5. The maximum Gasteiger partial charge on any atom is 0.252 e. The number of ether oxygens (including phenoxy) is 2. The van der Waals surface area contributed by atoms with Gasteiger partial charge in [-0.25, -0.2) is 0 Å². The van der Waals surface area contributed by atoms with E-state index < -0.39 is 24.4 Å². The summed E-state index contributed by atoms with van der Waals surface area (Å²) in [7, 11) is 4.11. The number of piperazine rings is 2. The number of benzene rings is 4. The van der Waals surface area contributed by atoms with Crippen LogP contribution in [0, 0.1) is 11.8 Å². The molecule has 4 aromatic rings. The molecular formula is C54H62Cl4N6O6. The largest absolute Gasteiger partial charge is 0.357 e. The Balaban J connectivity index is 0.000000174. The van der Waals surface area contributed by atoms with Gasteiger partial charge in [-0.2, -0.15) is 0 Å². The van der Waals surface area contributed by atoms with Gasteiger partial charge >= 0.3 is 0 Å². The molecule has 0 N–H and O–H groups in total.